The van der Waals surface area contributed by atoms with Gasteiger partial charge in [-0.1, -0.05) is 54.6 Å². The van der Waals surface area contributed by atoms with E-state index in [1.165, 1.54) is 12.0 Å². The number of rotatable bonds is 7. The number of nitrogens with one attached hydrogen (secondary N) is 1. The molecule has 0 saturated heterocycles. The second-order valence-electron chi connectivity index (χ2n) is 9.58. The maximum Gasteiger partial charge on any atom is 0.407 e. The van der Waals surface area contributed by atoms with Crippen LogP contribution >= 0.6 is 0 Å². The Morgan fingerprint density at radius 3 is 2.45 bits per heavy atom. The molecule has 3 aromatic carbocycles. The van der Waals surface area contributed by atoms with E-state index in [-0.39, 0.29) is 30.3 Å². The van der Waals surface area contributed by atoms with Crippen molar-refractivity contribution in [1.29, 1.82) is 0 Å². The van der Waals surface area contributed by atoms with E-state index in [4.69, 9.17) is 4.74 Å². The van der Waals surface area contributed by atoms with Crippen molar-refractivity contribution in [3.05, 3.63) is 100 Å². The second-order valence-corrected chi connectivity index (χ2v) is 9.58. The molecule has 0 saturated carbocycles. The number of fused-ring (bicyclic) bond motifs is 2. The van der Waals surface area contributed by atoms with Gasteiger partial charge in [0.2, 0.25) is 0 Å². The van der Waals surface area contributed by atoms with E-state index < -0.39 is 24.1 Å². The SMILES string of the molecule is COc1cc2c(cc1C(=O)NC[C@@H](O)C1Cc3ccccc3CN1C(=O)O)CN(Cc1ccccc1)C2=O. The summed E-state index contributed by atoms with van der Waals surface area (Å²) in [5.41, 5.74) is 4.35. The van der Waals surface area contributed by atoms with E-state index in [2.05, 4.69) is 5.32 Å². The Balaban J connectivity index is 1.29. The number of benzene rings is 3. The van der Waals surface area contributed by atoms with E-state index in [0.29, 0.717) is 25.1 Å². The molecule has 196 valence electrons. The van der Waals surface area contributed by atoms with Crippen molar-refractivity contribution in [2.45, 2.75) is 38.2 Å². The quantitative estimate of drug-likeness (QED) is 0.445. The molecule has 5 rings (SSSR count). The number of methoxy groups -OCH3 is 1. The van der Waals surface area contributed by atoms with E-state index in [1.807, 2.05) is 54.6 Å². The van der Waals surface area contributed by atoms with Crippen LogP contribution in [0.4, 0.5) is 4.79 Å². The molecule has 3 aromatic rings. The lowest BCUT2D eigenvalue weighted by molar-refractivity contribution is 0.0382. The second kappa shape index (κ2) is 10.5. The topological polar surface area (TPSA) is 119 Å². The lowest BCUT2D eigenvalue weighted by Gasteiger charge is -2.37. The van der Waals surface area contributed by atoms with Gasteiger partial charge in [-0.3, -0.25) is 14.5 Å². The first-order valence-electron chi connectivity index (χ1n) is 12.4. The fourth-order valence-corrected chi connectivity index (χ4v) is 5.21. The van der Waals surface area contributed by atoms with Crippen LogP contribution in [0.15, 0.2) is 66.7 Å². The maximum atomic E-state index is 13.1. The Labute approximate surface area is 220 Å². The minimum absolute atomic E-state index is 0.129. The van der Waals surface area contributed by atoms with Crippen molar-refractivity contribution in [1.82, 2.24) is 15.1 Å². The van der Waals surface area contributed by atoms with E-state index >= 15 is 0 Å². The number of aliphatic hydroxyl groups excluding tert-OH is 1. The summed E-state index contributed by atoms with van der Waals surface area (Å²) in [7, 11) is 1.43. The molecule has 0 aromatic heterocycles. The molecular formula is C29H29N3O6. The first kappa shape index (κ1) is 25.3. The molecular weight excluding hydrogens is 486 g/mol. The molecule has 9 nitrogen and oxygen atoms in total. The number of carboxylic acid groups (broad SMARTS) is 1. The van der Waals surface area contributed by atoms with Gasteiger partial charge >= 0.3 is 6.09 Å². The van der Waals surface area contributed by atoms with Crippen LogP contribution in [0.25, 0.3) is 0 Å². The first-order chi connectivity index (χ1) is 18.4. The fourth-order valence-electron chi connectivity index (χ4n) is 5.21. The fraction of sp³-hybridized carbons (Fsp3) is 0.276. The maximum absolute atomic E-state index is 13.1. The van der Waals surface area contributed by atoms with Gasteiger partial charge < -0.3 is 25.2 Å². The smallest absolute Gasteiger partial charge is 0.407 e. The van der Waals surface area contributed by atoms with Crippen LogP contribution in [0.3, 0.4) is 0 Å². The molecule has 2 aliphatic heterocycles. The van der Waals surface area contributed by atoms with Gasteiger partial charge in [0.05, 0.1) is 24.8 Å². The van der Waals surface area contributed by atoms with Crippen molar-refractivity contribution in [2.75, 3.05) is 13.7 Å². The van der Waals surface area contributed by atoms with Gasteiger partial charge in [0.25, 0.3) is 11.8 Å². The Morgan fingerprint density at radius 1 is 1.03 bits per heavy atom. The summed E-state index contributed by atoms with van der Waals surface area (Å²) in [5, 5.41) is 23.3. The Kier molecular flexibility index (Phi) is 7.02. The molecule has 0 aliphatic carbocycles. The van der Waals surface area contributed by atoms with Crippen LogP contribution < -0.4 is 10.1 Å². The standard InChI is InChI=1S/C29H29N3O6/c1-38-26-13-22-21(16-31(28(22)35)15-18-7-3-2-4-8-18)11-23(26)27(34)30-14-25(33)24-12-19-9-5-6-10-20(19)17-32(24)29(36)37/h2-11,13,24-25,33H,12,14-17H2,1H3,(H,30,34)(H,36,37)/t24?,25-/m1/s1. The average molecular weight is 516 g/mol. The molecule has 9 heteroatoms. The normalized spacial score (nSPS) is 17.0. The first-order valence-corrected chi connectivity index (χ1v) is 12.4. The monoisotopic (exact) mass is 515 g/mol. The van der Waals surface area contributed by atoms with E-state index in [0.717, 1.165) is 22.3 Å². The van der Waals surface area contributed by atoms with Crippen LogP contribution in [-0.2, 0) is 26.1 Å². The van der Waals surface area contributed by atoms with Gasteiger partial charge in [-0.2, -0.15) is 0 Å². The number of ether oxygens (including phenoxy) is 1. The molecule has 2 atom stereocenters. The van der Waals surface area contributed by atoms with Crippen molar-refractivity contribution < 1.29 is 29.3 Å². The summed E-state index contributed by atoms with van der Waals surface area (Å²) in [4.78, 5) is 41.0. The summed E-state index contributed by atoms with van der Waals surface area (Å²) < 4.78 is 5.42. The number of amides is 3. The molecule has 0 bridgehead atoms. The molecule has 3 amide bonds. The number of carbonyl (C=O) groups excluding carboxylic acids is 2. The number of nitrogens with zero attached hydrogens (tertiary/aromatic N) is 2. The van der Waals surface area contributed by atoms with Crippen molar-refractivity contribution in [3.8, 4) is 5.75 Å². The Bertz CT molecular complexity index is 1380. The highest BCUT2D eigenvalue weighted by atomic mass is 16.5. The minimum Gasteiger partial charge on any atom is -0.496 e. The summed E-state index contributed by atoms with van der Waals surface area (Å²) in [6, 6.07) is 19.7. The van der Waals surface area contributed by atoms with Crippen LogP contribution in [0, 0.1) is 0 Å². The third kappa shape index (κ3) is 4.92. The van der Waals surface area contributed by atoms with Gasteiger partial charge in [-0.25, -0.2) is 4.79 Å². The molecule has 0 radical (unpaired) electrons. The number of hydrogen-bond donors (Lipinski definition) is 3. The van der Waals surface area contributed by atoms with Gasteiger partial charge in [0.1, 0.15) is 5.75 Å². The summed E-state index contributed by atoms with van der Waals surface area (Å²) >= 11 is 0. The predicted octanol–water partition coefficient (Wildman–Crippen LogP) is 3.05. The van der Waals surface area contributed by atoms with Crippen molar-refractivity contribution >= 4 is 17.9 Å². The zero-order valence-corrected chi connectivity index (χ0v) is 21.0. The third-order valence-corrected chi connectivity index (χ3v) is 7.22. The highest BCUT2D eigenvalue weighted by Crippen LogP contribution is 2.31. The Morgan fingerprint density at radius 2 is 1.74 bits per heavy atom. The van der Waals surface area contributed by atoms with Gasteiger partial charge in [-0.15, -0.1) is 0 Å². The molecule has 0 spiro atoms. The highest BCUT2D eigenvalue weighted by Gasteiger charge is 2.35. The van der Waals surface area contributed by atoms with E-state index in [1.54, 1.807) is 17.0 Å². The van der Waals surface area contributed by atoms with Gasteiger partial charge in [0, 0.05) is 31.7 Å². The van der Waals surface area contributed by atoms with Crippen LogP contribution in [-0.4, -0.2) is 63.7 Å². The molecule has 2 heterocycles. The lowest BCUT2D eigenvalue weighted by atomic mass is 9.91. The summed E-state index contributed by atoms with van der Waals surface area (Å²) in [5.74, 6) is -0.351. The number of hydrogen-bond acceptors (Lipinski definition) is 5. The molecule has 1 unspecified atom stereocenters. The minimum atomic E-state index is -1.13. The zero-order valence-electron chi connectivity index (χ0n) is 21.0. The average Bonchev–Trinajstić information content (AvgIpc) is 3.24. The zero-order chi connectivity index (χ0) is 26.8. The van der Waals surface area contributed by atoms with Crippen LogP contribution in [0.1, 0.15) is 43.0 Å². The largest absolute Gasteiger partial charge is 0.496 e. The third-order valence-electron chi connectivity index (χ3n) is 7.22. The predicted molar refractivity (Wildman–Crippen MR) is 139 cm³/mol. The van der Waals surface area contributed by atoms with Crippen LogP contribution in [0.2, 0.25) is 0 Å². The van der Waals surface area contributed by atoms with E-state index in [9.17, 15) is 24.6 Å². The molecule has 0 fully saturated rings. The van der Waals surface area contributed by atoms with Gasteiger partial charge in [0.15, 0.2) is 0 Å². The summed E-state index contributed by atoms with van der Waals surface area (Å²) in [6.45, 7) is 0.849. The van der Waals surface area contributed by atoms with Crippen molar-refractivity contribution in [3.63, 3.8) is 0 Å². The lowest BCUT2D eigenvalue weighted by Crippen LogP contribution is -2.53. The molecule has 3 N–H and O–H groups in total. The number of carbonyl (C=O) groups is 3. The van der Waals surface area contributed by atoms with Gasteiger partial charge in [-0.05, 0) is 40.8 Å². The number of aliphatic hydroxyl groups is 1. The molecule has 2 aliphatic rings. The summed E-state index contributed by atoms with van der Waals surface area (Å²) in [6.07, 6.45) is -1.90. The highest BCUT2D eigenvalue weighted by molar-refractivity contribution is 6.03. The molecule has 38 heavy (non-hydrogen) atoms. The van der Waals surface area contributed by atoms with Crippen LogP contribution in [0.5, 0.6) is 5.75 Å². The Hall–Kier alpha value is -4.37. The van der Waals surface area contributed by atoms with Crippen molar-refractivity contribution in [2.24, 2.45) is 0 Å².